The predicted octanol–water partition coefficient (Wildman–Crippen LogP) is 0.626. The van der Waals surface area contributed by atoms with E-state index in [1.165, 1.54) is 12.0 Å². The maximum absolute atomic E-state index is 12.5. The number of benzene rings is 1. The zero-order valence-electron chi connectivity index (χ0n) is 12.4. The smallest absolute Gasteiger partial charge is 0.411 e. The van der Waals surface area contributed by atoms with Crippen molar-refractivity contribution < 1.29 is 23.9 Å². The second kappa shape index (κ2) is 5.71. The summed E-state index contributed by atoms with van der Waals surface area (Å²) in [5.41, 5.74) is 1.54. The number of nitrogens with one attached hydrogen (secondary N) is 2. The Bertz CT molecular complexity index is 715. The first-order chi connectivity index (χ1) is 11.0. The summed E-state index contributed by atoms with van der Waals surface area (Å²) in [5, 5.41) is 4.81. The minimum absolute atomic E-state index is 0.195. The van der Waals surface area contributed by atoms with Crippen molar-refractivity contribution in [3.8, 4) is 0 Å². The number of nitrogens with zero attached hydrogens (tertiary/aromatic N) is 1. The Morgan fingerprint density at radius 1 is 1.35 bits per heavy atom. The average molecular weight is 317 g/mol. The number of amides is 4. The van der Waals surface area contributed by atoms with E-state index in [4.69, 9.17) is 0 Å². The Labute approximate surface area is 131 Å². The molecule has 4 amide bonds. The van der Waals surface area contributed by atoms with Gasteiger partial charge < -0.3 is 9.64 Å². The molecule has 1 saturated heterocycles. The summed E-state index contributed by atoms with van der Waals surface area (Å²) < 4.78 is 4.56. The van der Waals surface area contributed by atoms with Gasteiger partial charge in [-0.1, -0.05) is 6.07 Å². The van der Waals surface area contributed by atoms with E-state index in [1.807, 2.05) is 0 Å². The number of carbonyl (C=O) groups excluding carboxylic acids is 4. The van der Waals surface area contributed by atoms with Gasteiger partial charge >= 0.3 is 6.09 Å². The molecule has 2 aliphatic rings. The molecule has 0 bridgehead atoms. The summed E-state index contributed by atoms with van der Waals surface area (Å²) in [7, 11) is 1.25. The summed E-state index contributed by atoms with van der Waals surface area (Å²) in [6, 6.07) is 4.28. The average Bonchev–Trinajstić information content (AvgIpc) is 2.86. The molecule has 1 aromatic rings. The van der Waals surface area contributed by atoms with Crippen LogP contribution in [0.5, 0.6) is 0 Å². The van der Waals surface area contributed by atoms with Crippen LogP contribution in [0.1, 0.15) is 28.8 Å². The van der Waals surface area contributed by atoms with Crippen molar-refractivity contribution in [2.45, 2.75) is 25.4 Å². The number of anilines is 1. The van der Waals surface area contributed by atoms with E-state index in [0.717, 1.165) is 0 Å². The van der Waals surface area contributed by atoms with E-state index in [1.54, 1.807) is 18.2 Å². The maximum Gasteiger partial charge on any atom is 0.411 e. The van der Waals surface area contributed by atoms with Crippen molar-refractivity contribution in [1.29, 1.82) is 0 Å². The first-order valence-corrected chi connectivity index (χ1v) is 7.12. The van der Waals surface area contributed by atoms with Gasteiger partial charge in [0.2, 0.25) is 11.8 Å². The highest BCUT2D eigenvalue weighted by molar-refractivity contribution is 6.06. The Morgan fingerprint density at radius 2 is 2.13 bits per heavy atom. The Morgan fingerprint density at radius 3 is 2.83 bits per heavy atom. The molecule has 1 unspecified atom stereocenters. The van der Waals surface area contributed by atoms with Gasteiger partial charge in [0.05, 0.1) is 7.11 Å². The van der Waals surface area contributed by atoms with Gasteiger partial charge in [0.25, 0.3) is 5.91 Å². The van der Waals surface area contributed by atoms with Gasteiger partial charge in [-0.25, -0.2) is 4.79 Å². The SMILES string of the molecule is COC(=O)Nc1cccc2c1CN(C1CCC(=O)NC1=O)C2=O. The van der Waals surface area contributed by atoms with E-state index in [9.17, 15) is 19.2 Å². The van der Waals surface area contributed by atoms with E-state index in [-0.39, 0.29) is 24.8 Å². The summed E-state index contributed by atoms with van der Waals surface area (Å²) in [5.74, 6) is -1.09. The van der Waals surface area contributed by atoms with Crippen molar-refractivity contribution >= 4 is 29.5 Å². The van der Waals surface area contributed by atoms with Crippen LogP contribution >= 0.6 is 0 Å². The van der Waals surface area contributed by atoms with Gasteiger partial charge in [0.1, 0.15) is 6.04 Å². The van der Waals surface area contributed by atoms with Crippen LogP contribution in [-0.4, -0.2) is 41.9 Å². The molecule has 120 valence electrons. The third-order valence-electron chi connectivity index (χ3n) is 4.00. The molecule has 2 aliphatic heterocycles. The first-order valence-electron chi connectivity index (χ1n) is 7.12. The van der Waals surface area contributed by atoms with Gasteiger partial charge in [-0.15, -0.1) is 0 Å². The minimum atomic E-state index is -0.682. The molecule has 0 radical (unpaired) electrons. The second-order valence-corrected chi connectivity index (χ2v) is 5.35. The van der Waals surface area contributed by atoms with E-state index < -0.39 is 18.0 Å². The normalized spacial score (nSPS) is 20.1. The molecule has 1 aromatic carbocycles. The number of carbonyl (C=O) groups is 4. The molecule has 8 nitrogen and oxygen atoms in total. The van der Waals surface area contributed by atoms with E-state index in [0.29, 0.717) is 23.2 Å². The summed E-state index contributed by atoms with van der Waals surface area (Å²) >= 11 is 0. The van der Waals surface area contributed by atoms with Gasteiger partial charge in [-0.2, -0.15) is 0 Å². The predicted molar refractivity (Wildman–Crippen MR) is 78.5 cm³/mol. The van der Waals surface area contributed by atoms with Crippen LogP contribution < -0.4 is 10.6 Å². The summed E-state index contributed by atoms with van der Waals surface area (Å²) in [4.78, 5) is 48.6. The molecule has 0 spiro atoms. The molecule has 8 heteroatoms. The highest BCUT2D eigenvalue weighted by Crippen LogP contribution is 2.32. The third-order valence-corrected chi connectivity index (χ3v) is 4.00. The minimum Gasteiger partial charge on any atom is -0.453 e. The van der Waals surface area contributed by atoms with Gasteiger partial charge in [-0.3, -0.25) is 25.0 Å². The molecule has 0 aromatic heterocycles. The highest BCUT2D eigenvalue weighted by Gasteiger charge is 2.39. The number of hydrogen-bond acceptors (Lipinski definition) is 5. The molecule has 0 saturated carbocycles. The molecule has 1 fully saturated rings. The zero-order chi connectivity index (χ0) is 16.6. The summed E-state index contributed by atoms with van der Waals surface area (Å²) in [6.07, 6.45) is -0.140. The fraction of sp³-hybridized carbons (Fsp3) is 0.333. The third kappa shape index (κ3) is 2.63. The molecular weight excluding hydrogens is 302 g/mol. The molecule has 2 heterocycles. The number of methoxy groups -OCH3 is 1. The standard InChI is InChI=1S/C15H15N3O5/c1-23-15(22)16-10-4-2-3-8-9(10)7-18(14(8)21)11-5-6-12(19)17-13(11)20/h2-4,11H,5-7H2,1H3,(H,16,22)(H,17,19,20). The largest absolute Gasteiger partial charge is 0.453 e. The lowest BCUT2D eigenvalue weighted by atomic mass is 10.0. The fourth-order valence-electron chi connectivity index (χ4n) is 2.86. The van der Waals surface area contributed by atoms with Crippen molar-refractivity contribution in [3.63, 3.8) is 0 Å². The monoisotopic (exact) mass is 317 g/mol. The molecule has 1 atom stereocenters. The number of hydrogen-bond donors (Lipinski definition) is 2. The van der Waals surface area contributed by atoms with Crippen LogP contribution in [0.15, 0.2) is 18.2 Å². The number of fused-ring (bicyclic) bond motifs is 1. The topological polar surface area (TPSA) is 105 Å². The van der Waals surface area contributed by atoms with Crippen molar-refractivity contribution in [3.05, 3.63) is 29.3 Å². The Balaban J connectivity index is 1.87. The first kappa shape index (κ1) is 15.0. The molecule has 2 N–H and O–H groups in total. The zero-order valence-corrected chi connectivity index (χ0v) is 12.4. The van der Waals surface area contributed by atoms with Crippen LogP contribution in [-0.2, 0) is 20.9 Å². The van der Waals surface area contributed by atoms with Crippen molar-refractivity contribution in [2.24, 2.45) is 0 Å². The van der Waals surface area contributed by atoms with Gasteiger partial charge in [0, 0.05) is 29.8 Å². The summed E-state index contributed by atoms with van der Waals surface area (Å²) in [6.45, 7) is 0.195. The lowest BCUT2D eigenvalue weighted by molar-refractivity contribution is -0.136. The lowest BCUT2D eigenvalue weighted by Crippen LogP contribution is -2.52. The van der Waals surface area contributed by atoms with Gasteiger partial charge in [-0.05, 0) is 18.6 Å². The maximum atomic E-state index is 12.5. The molecule has 3 rings (SSSR count). The van der Waals surface area contributed by atoms with Crippen LogP contribution in [0, 0.1) is 0 Å². The van der Waals surface area contributed by atoms with Gasteiger partial charge in [0.15, 0.2) is 0 Å². The molecule has 23 heavy (non-hydrogen) atoms. The van der Waals surface area contributed by atoms with E-state index in [2.05, 4.69) is 15.4 Å². The van der Waals surface area contributed by atoms with Crippen LogP contribution in [0.2, 0.25) is 0 Å². The number of ether oxygens (including phenoxy) is 1. The quantitative estimate of drug-likeness (QED) is 0.778. The lowest BCUT2D eigenvalue weighted by Gasteiger charge is -2.29. The van der Waals surface area contributed by atoms with Crippen molar-refractivity contribution in [2.75, 3.05) is 12.4 Å². The highest BCUT2D eigenvalue weighted by atomic mass is 16.5. The molecule has 0 aliphatic carbocycles. The van der Waals surface area contributed by atoms with Crippen LogP contribution in [0.25, 0.3) is 0 Å². The fourth-order valence-corrected chi connectivity index (χ4v) is 2.86. The van der Waals surface area contributed by atoms with Crippen LogP contribution in [0.3, 0.4) is 0 Å². The Hall–Kier alpha value is -2.90. The Kier molecular flexibility index (Phi) is 3.73. The van der Waals surface area contributed by atoms with Crippen molar-refractivity contribution in [1.82, 2.24) is 10.2 Å². The number of imide groups is 1. The number of piperidine rings is 1. The number of rotatable bonds is 2. The van der Waals surface area contributed by atoms with E-state index >= 15 is 0 Å². The van der Waals surface area contributed by atoms with Crippen LogP contribution in [0.4, 0.5) is 10.5 Å². The molecular formula is C15H15N3O5. The second-order valence-electron chi connectivity index (χ2n) is 5.35.